The van der Waals surface area contributed by atoms with E-state index in [1.807, 2.05) is 11.9 Å². The lowest BCUT2D eigenvalue weighted by atomic mass is 9.93. The van der Waals surface area contributed by atoms with E-state index < -0.39 is 5.60 Å². The lowest BCUT2D eigenvalue weighted by Gasteiger charge is -2.35. The van der Waals surface area contributed by atoms with Crippen molar-refractivity contribution in [2.75, 3.05) is 26.8 Å². The summed E-state index contributed by atoms with van der Waals surface area (Å²) in [5, 5.41) is 20.4. The molecule has 21 heavy (non-hydrogen) atoms. The number of phenols is 1. The smallest absolute Gasteiger partial charge is 0.159 e. The Morgan fingerprint density at radius 2 is 2.05 bits per heavy atom. The van der Waals surface area contributed by atoms with Crippen LogP contribution in [0.15, 0.2) is 18.2 Å². The maximum Gasteiger partial charge on any atom is 0.159 e. The average molecular weight is 293 g/mol. The van der Waals surface area contributed by atoms with Crippen molar-refractivity contribution in [2.24, 2.45) is 0 Å². The van der Waals surface area contributed by atoms with E-state index in [1.165, 1.54) is 6.92 Å². The number of hydrogen-bond donors (Lipinski definition) is 2. The van der Waals surface area contributed by atoms with Gasteiger partial charge in [-0.25, -0.2) is 0 Å². The molecule has 1 heterocycles. The number of hydrogen-bond acceptors (Lipinski definition) is 5. The topological polar surface area (TPSA) is 70.0 Å². The van der Waals surface area contributed by atoms with Gasteiger partial charge >= 0.3 is 0 Å². The zero-order valence-corrected chi connectivity index (χ0v) is 12.6. The van der Waals surface area contributed by atoms with Crippen molar-refractivity contribution >= 4 is 5.78 Å². The first-order valence-electron chi connectivity index (χ1n) is 7.21. The molecule has 0 atom stereocenters. The highest BCUT2D eigenvalue weighted by atomic mass is 16.5. The van der Waals surface area contributed by atoms with Gasteiger partial charge < -0.3 is 14.9 Å². The molecule has 2 N–H and O–H groups in total. The van der Waals surface area contributed by atoms with E-state index in [0.29, 0.717) is 50.3 Å². The van der Waals surface area contributed by atoms with Crippen LogP contribution < -0.4 is 0 Å². The number of phenolic OH excluding ortho intramolecular Hbond substituents is 1. The number of carbonyl (C=O) groups is 1. The molecule has 1 saturated heterocycles. The van der Waals surface area contributed by atoms with Gasteiger partial charge in [0.1, 0.15) is 5.75 Å². The molecule has 0 bridgehead atoms. The molecule has 5 heteroatoms. The third-order valence-corrected chi connectivity index (χ3v) is 3.91. The van der Waals surface area contributed by atoms with Crippen LogP contribution in [0, 0.1) is 0 Å². The molecular weight excluding hydrogens is 270 g/mol. The fourth-order valence-electron chi connectivity index (χ4n) is 2.69. The molecule has 0 unspecified atom stereocenters. The summed E-state index contributed by atoms with van der Waals surface area (Å²) >= 11 is 0. The summed E-state index contributed by atoms with van der Waals surface area (Å²) in [6.07, 6.45) is 1.24. The van der Waals surface area contributed by atoms with E-state index in [9.17, 15) is 15.0 Å². The highest BCUT2D eigenvalue weighted by Gasteiger charge is 2.31. The Bertz CT molecular complexity index is 509. The van der Waals surface area contributed by atoms with Gasteiger partial charge in [0.05, 0.1) is 5.60 Å². The van der Waals surface area contributed by atoms with Crippen molar-refractivity contribution in [1.82, 2.24) is 4.90 Å². The number of ether oxygens (including phenoxy) is 1. The van der Waals surface area contributed by atoms with Crippen LogP contribution in [0.5, 0.6) is 5.75 Å². The Labute approximate surface area is 125 Å². The van der Waals surface area contributed by atoms with E-state index in [1.54, 1.807) is 18.2 Å². The van der Waals surface area contributed by atoms with E-state index in [-0.39, 0.29) is 11.5 Å². The highest BCUT2D eigenvalue weighted by molar-refractivity contribution is 5.94. The van der Waals surface area contributed by atoms with Gasteiger partial charge in [-0.05, 0) is 32.2 Å². The third-order valence-electron chi connectivity index (χ3n) is 3.91. The Morgan fingerprint density at radius 3 is 2.67 bits per heavy atom. The Morgan fingerprint density at radius 1 is 1.38 bits per heavy atom. The summed E-state index contributed by atoms with van der Waals surface area (Å²) in [7, 11) is 1.90. The van der Waals surface area contributed by atoms with Crippen molar-refractivity contribution in [3.8, 4) is 5.75 Å². The first-order valence-corrected chi connectivity index (χ1v) is 7.21. The van der Waals surface area contributed by atoms with Crippen LogP contribution >= 0.6 is 0 Å². The van der Waals surface area contributed by atoms with E-state index in [0.717, 1.165) is 0 Å². The summed E-state index contributed by atoms with van der Waals surface area (Å²) in [5.74, 6) is 0.146. The monoisotopic (exact) mass is 293 g/mol. The predicted molar refractivity (Wildman–Crippen MR) is 79.4 cm³/mol. The second-order valence-electron chi connectivity index (χ2n) is 5.91. The molecule has 5 nitrogen and oxygen atoms in total. The Balaban J connectivity index is 2.03. The molecule has 0 aliphatic carbocycles. The highest BCUT2D eigenvalue weighted by Crippen LogP contribution is 2.24. The number of benzene rings is 1. The standard InChI is InChI=1S/C16H23NO4/c1-12(18)13-3-4-15(19)14(9-13)10-17(2)11-16(20)5-7-21-8-6-16/h3-4,9,19-20H,5-8,10-11H2,1-2H3. The van der Waals surface area contributed by atoms with Gasteiger partial charge in [0.25, 0.3) is 0 Å². The fourth-order valence-corrected chi connectivity index (χ4v) is 2.69. The van der Waals surface area contributed by atoms with Crippen molar-refractivity contribution < 1.29 is 19.7 Å². The van der Waals surface area contributed by atoms with Gasteiger partial charge in [-0.1, -0.05) is 0 Å². The van der Waals surface area contributed by atoms with E-state index in [2.05, 4.69) is 0 Å². The molecule has 1 aliphatic heterocycles. The maximum atomic E-state index is 11.4. The fraction of sp³-hybridized carbons (Fsp3) is 0.562. The van der Waals surface area contributed by atoms with E-state index >= 15 is 0 Å². The molecule has 1 fully saturated rings. The lowest BCUT2D eigenvalue weighted by molar-refractivity contribution is -0.0777. The number of rotatable bonds is 5. The van der Waals surface area contributed by atoms with Crippen LogP contribution in [-0.4, -0.2) is 53.3 Å². The zero-order chi connectivity index (χ0) is 15.5. The van der Waals surface area contributed by atoms with Crippen molar-refractivity contribution in [3.05, 3.63) is 29.3 Å². The second kappa shape index (κ2) is 6.56. The summed E-state index contributed by atoms with van der Waals surface area (Å²) < 4.78 is 5.27. The second-order valence-corrected chi connectivity index (χ2v) is 5.91. The Kier molecular flexibility index (Phi) is 4.98. The molecule has 1 aliphatic rings. The lowest BCUT2D eigenvalue weighted by Crippen LogP contribution is -2.45. The number of aromatic hydroxyl groups is 1. The van der Waals surface area contributed by atoms with Gasteiger partial charge in [0.15, 0.2) is 5.78 Å². The molecule has 1 aromatic rings. The normalized spacial score (nSPS) is 17.9. The molecule has 2 rings (SSSR count). The van der Waals surface area contributed by atoms with Crippen molar-refractivity contribution in [2.45, 2.75) is 31.9 Å². The average Bonchev–Trinajstić information content (AvgIpc) is 2.41. The SMILES string of the molecule is CC(=O)c1ccc(O)c(CN(C)CC2(O)CCOCC2)c1. The largest absolute Gasteiger partial charge is 0.508 e. The minimum atomic E-state index is -0.735. The van der Waals surface area contributed by atoms with Crippen LogP contribution in [0.2, 0.25) is 0 Å². The van der Waals surface area contributed by atoms with Crippen molar-refractivity contribution in [1.29, 1.82) is 0 Å². The van der Waals surface area contributed by atoms with Gasteiger partial charge in [0, 0.05) is 50.3 Å². The van der Waals surface area contributed by atoms with Gasteiger partial charge in [0.2, 0.25) is 0 Å². The number of Topliss-reactive ketones (excluding diaryl/α,β-unsaturated/α-hetero) is 1. The van der Waals surface area contributed by atoms with Crippen LogP contribution in [0.3, 0.4) is 0 Å². The Hall–Kier alpha value is -1.43. The van der Waals surface area contributed by atoms with Crippen LogP contribution in [0.25, 0.3) is 0 Å². The summed E-state index contributed by atoms with van der Waals surface area (Å²) in [6.45, 7) is 3.66. The zero-order valence-electron chi connectivity index (χ0n) is 12.6. The number of nitrogens with zero attached hydrogens (tertiary/aromatic N) is 1. The molecule has 0 spiro atoms. The summed E-state index contributed by atoms with van der Waals surface area (Å²) in [6, 6.07) is 4.87. The maximum absolute atomic E-state index is 11.4. The molecule has 0 aromatic heterocycles. The number of ketones is 1. The number of carbonyl (C=O) groups excluding carboxylic acids is 1. The van der Waals surface area contributed by atoms with Gasteiger partial charge in [-0.15, -0.1) is 0 Å². The molecule has 0 amide bonds. The minimum absolute atomic E-state index is 0.0260. The molecule has 1 aromatic carbocycles. The molecule has 0 saturated carbocycles. The van der Waals surface area contributed by atoms with Gasteiger partial charge in [-0.2, -0.15) is 0 Å². The third kappa shape index (κ3) is 4.27. The molecule has 0 radical (unpaired) electrons. The van der Waals surface area contributed by atoms with Crippen molar-refractivity contribution in [3.63, 3.8) is 0 Å². The summed E-state index contributed by atoms with van der Waals surface area (Å²) in [5.41, 5.74) is 0.544. The molecule has 116 valence electrons. The number of likely N-dealkylation sites (N-methyl/N-ethyl adjacent to an activating group) is 1. The van der Waals surface area contributed by atoms with Gasteiger partial charge in [-0.3, -0.25) is 9.69 Å². The number of aliphatic hydroxyl groups is 1. The quantitative estimate of drug-likeness (QED) is 0.806. The van der Waals surface area contributed by atoms with E-state index in [4.69, 9.17) is 4.74 Å². The molecular formula is C16H23NO4. The summed E-state index contributed by atoms with van der Waals surface area (Å²) in [4.78, 5) is 13.4. The first kappa shape index (κ1) is 15.9. The van der Waals surface area contributed by atoms with Crippen LogP contribution in [-0.2, 0) is 11.3 Å². The van der Waals surface area contributed by atoms with Crippen LogP contribution in [0.1, 0.15) is 35.7 Å². The first-order chi connectivity index (χ1) is 9.89. The minimum Gasteiger partial charge on any atom is -0.508 e. The van der Waals surface area contributed by atoms with Crippen LogP contribution in [0.4, 0.5) is 0 Å². The predicted octanol–water partition coefficient (Wildman–Crippen LogP) is 1.57.